The van der Waals surface area contributed by atoms with Gasteiger partial charge < -0.3 is 14.4 Å². The van der Waals surface area contributed by atoms with E-state index < -0.39 is 0 Å². The fraction of sp³-hybridized carbons (Fsp3) is 0.375. The molecule has 1 aromatic heterocycles. The van der Waals surface area contributed by atoms with Crippen LogP contribution < -0.4 is 10.3 Å². The molecule has 31 heavy (non-hydrogen) atoms. The van der Waals surface area contributed by atoms with E-state index in [1.807, 2.05) is 48.5 Å². The molecule has 2 fully saturated rings. The third-order valence-corrected chi connectivity index (χ3v) is 6.16. The number of benzene rings is 2. The minimum absolute atomic E-state index is 0.0257. The molecule has 0 aliphatic carbocycles. The summed E-state index contributed by atoms with van der Waals surface area (Å²) in [4.78, 5) is 27.5. The Hall–Kier alpha value is -3.19. The van der Waals surface area contributed by atoms with Crippen LogP contribution in [-0.4, -0.2) is 52.0 Å². The van der Waals surface area contributed by atoms with Gasteiger partial charge in [-0.25, -0.2) is 4.68 Å². The maximum Gasteiger partial charge on any atom is 0.275 e. The summed E-state index contributed by atoms with van der Waals surface area (Å²) < 4.78 is 13.5. The first-order valence-corrected chi connectivity index (χ1v) is 10.7. The number of fused-ring (bicyclic) bond motifs is 1. The third-order valence-electron chi connectivity index (χ3n) is 6.16. The zero-order valence-corrected chi connectivity index (χ0v) is 17.3. The number of hydrogen-bond donors (Lipinski definition) is 0. The molecule has 2 aromatic carbocycles. The van der Waals surface area contributed by atoms with Crippen LogP contribution >= 0.6 is 0 Å². The van der Waals surface area contributed by atoms with E-state index in [4.69, 9.17) is 9.47 Å². The monoisotopic (exact) mass is 419 g/mol. The number of ether oxygens (including phenoxy) is 2. The maximum atomic E-state index is 13.0. The molecule has 3 aromatic rings. The summed E-state index contributed by atoms with van der Waals surface area (Å²) in [5, 5.41) is 5.54. The van der Waals surface area contributed by atoms with Crippen LogP contribution in [0.15, 0.2) is 65.6 Å². The van der Waals surface area contributed by atoms with Gasteiger partial charge >= 0.3 is 0 Å². The molecule has 0 saturated carbocycles. The van der Waals surface area contributed by atoms with Crippen molar-refractivity contribution in [1.29, 1.82) is 0 Å². The van der Waals surface area contributed by atoms with E-state index in [1.165, 1.54) is 4.68 Å². The molecule has 0 unspecified atom stereocenters. The molecule has 3 heterocycles. The second-order valence-electron chi connectivity index (χ2n) is 8.36. The van der Waals surface area contributed by atoms with Crippen molar-refractivity contribution < 1.29 is 14.3 Å². The van der Waals surface area contributed by atoms with Gasteiger partial charge in [0.25, 0.3) is 5.56 Å². The Kier molecular flexibility index (Phi) is 5.19. The Labute approximate surface area is 180 Å². The number of carbonyl (C=O) groups excluding carboxylic acids is 1. The molecule has 7 nitrogen and oxygen atoms in total. The second kappa shape index (κ2) is 8.15. The molecule has 7 heteroatoms. The number of amides is 1. The first kappa shape index (κ1) is 19.8. The minimum atomic E-state index is -0.380. The molecule has 0 radical (unpaired) electrons. The highest BCUT2D eigenvalue weighted by atomic mass is 16.6. The van der Waals surface area contributed by atoms with Crippen LogP contribution in [0.4, 0.5) is 0 Å². The van der Waals surface area contributed by atoms with Gasteiger partial charge in [0, 0.05) is 24.9 Å². The van der Waals surface area contributed by atoms with E-state index in [1.54, 1.807) is 17.2 Å². The van der Waals surface area contributed by atoms with Gasteiger partial charge in [-0.15, -0.1) is 0 Å². The van der Waals surface area contributed by atoms with E-state index in [0.29, 0.717) is 25.1 Å². The predicted octanol–water partition coefficient (Wildman–Crippen LogP) is 2.63. The molecule has 1 spiro atoms. The number of aromatic nitrogens is 2. The van der Waals surface area contributed by atoms with Crippen LogP contribution in [0.2, 0.25) is 0 Å². The number of piperidine rings is 1. The smallest absolute Gasteiger partial charge is 0.275 e. The van der Waals surface area contributed by atoms with Crippen molar-refractivity contribution in [2.24, 2.45) is 0 Å². The summed E-state index contributed by atoms with van der Waals surface area (Å²) in [6.07, 6.45) is 4.12. The van der Waals surface area contributed by atoms with E-state index >= 15 is 0 Å². The van der Waals surface area contributed by atoms with Crippen LogP contribution in [0.5, 0.6) is 5.75 Å². The SMILES string of the molecule is O=C(Cn1ncc2ccccc2c1=O)N1CCC[C@@]2(C[C@@H](Oc3ccccc3)CO2)C1. The van der Waals surface area contributed by atoms with Crippen LogP contribution in [0.1, 0.15) is 19.3 Å². The van der Waals surface area contributed by atoms with Crippen molar-refractivity contribution in [3.8, 4) is 5.75 Å². The van der Waals surface area contributed by atoms with Crippen molar-refractivity contribution in [3.05, 3.63) is 71.1 Å². The number of likely N-dealkylation sites (tertiary alicyclic amines) is 1. The van der Waals surface area contributed by atoms with E-state index in [9.17, 15) is 9.59 Å². The lowest BCUT2D eigenvalue weighted by molar-refractivity contribution is -0.140. The molecule has 160 valence electrons. The summed E-state index contributed by atoms with van der Waals surface area (Å²) in [7, 11) is 0. The van der Waals surface area contributed by atoms with E-state index in [2.05, 4.69) is 5.10 Å². The molecule has 2 aliphatic heterocycles. The highest BCUT2D eigenvalue weighted by Gasteiger charge is 2.45. The standard InChI is InChI=1S/C24H25N3O4/c28-22(15-27-23(29)21-10-5-4-7-18(21)14-25-27)26-12-6-11-24(17-26)13-20(16-30-24)31-19-8-2-1-3-9-19/h1-5,7-10,14,20H,6,11-13,15-17H2/t20-,24-/m1/s1. The van der Waals surface area contributed by atoms with E-state index in [-0.39, 0.29) is 29.7 Å². The summed E-state index contributed by atoms with van der Waals surface area (Å²) in [5.41, 5.74) is -0.624. The fourth-order valence-corrected chi connectivity index (χ4v) is 4.63. The van der Waals surface area contributed by atoms with Crippen LogP contribution in [0, 0.1) is 0 Å². The van der Waals surface area contributed by atoms with Gasteiger partial charge in [0.2, 0.25) is 5.91 Å². The molecule has 0 N–H and O–H groups in total. The van der Waals surface area contributed by atoms with Crippen molar-refractivity contribution in [2.45, 2.75) is 37.5 Å². The van der Waals surface area contributed by atoms with Crippen LogP contribution in [0.25, 0.3) is 10.8 Å². The molecule has 2 aliphatic rings. The van der Waals surface area contributed by atoms with Crippen molar-refractivity contribution in [1.82, 2.24) is 14.7 Å². The lowest BCUT2D eigenvalue weighted by atomic mass is 9.89. The van der Waals surface area contributed by atoms with Gasteiger partial charge in [-0.3, -0.25) is 9.59 Å². The van der Waals surface area contributed by atoms with Crippen LogP contribution in [-0.2, 0) is 16.1 Å². The topological polar surface area (TPSA) is 73.7 Å². The lowest BCUT2D eigenvalue weighted by Crippen LogP contribution is -2.51. The summed E-state index contributed by atoms with van der Waals surface area (Å²) in [5.74, 6) is 0.721. The molecular weight excluding hydrogens is 394 g/mol. The molecule has 0 bridgehead atoms. The first-order valence-electron chi connectivity index (χ1n) is 10.7. The van der Waals surface area contributed by atoms with Crippen LogP contribution in [0.3, 0.4) is 0 Å². The summed E-state index contributed by atoms with van der Waals surface area (Å²) in [6.45, 7) is 1.63. The Balaban J connectivity index is 1.26. The summed E-state index contributed by atoms with van der Waals surface area (Å²) >= 11 is 0. The van der Waals surface area contributed by atoms with Gasteiger partial charge in [0.15, 0.2) is 0 Å². The van der Waals surface area contributed by atoms with Gasteiger partial charge in [0.05, 0.1) is 23.8 Å². The number of rotatable bonds is 4. The molecular formula is C24H25N3O4. The van der Waals surface area contributed by atoms with Gasteiger partial charge in [-0.1, -0.05) is 36.4 Å². The van der Waals surface area contributed by atoms with Gasteiger partial charge in [-0.2, -0.15) is 5.10 Å². The third kappa shape index (κ3) is 4.05. The van der Waals surface area contributed by atoms with Crippen molar-refractivity contribution in [3.63, 3.8) is 0 Å². The number of hydrogen-bond acceptors (Lipinski definition) is 5. The Morgan fingerprint density at radius 2 is 1.97 bits per heavy atom. The zero-order chi connectivity index (χ0) is 21.3. The molecule has 2 atom stereocenters. The average molecular weight is 419 g/mol. The average Bonchev–Trinajstić information content (AvgIpc) is 3.17. The highest BCUT2D eigenvalue weighted by molar-refractivity contribution is 5.81. The maximum absolute atomic E-state index is 13.0. The first-order chi connectivity index (χ1) is 15.1. The van der Waals surface area contributed by atoms with Gasteiger partial charge in [0.1, 0.15) is 18.4 Å². The quantitative estimate of drug-likeness (QED) is 0.650. The van der Waals surface area contributed by atoms with Gasteiger partial charge in [-0.05, 0) is 31.0 Å². The fourth-order valence-electron chi connectivity index (χ4n) is 4.63. The van der Waals surface area contributed by atoms with Crippen molar-refractivity contribution in [2.75, 3.05) is 19.7 Å². The largest absolute Gasteiger partial charge is 0.488 e. The summed E-state index contributed by atoms with van der Waals surface area (Å²) in [6, 6.07) is 17.0. The highest BCUT2D eigenvalue weighted by Crippen LogP contribution is 2.36. The van der Waals surface area contributed by atoms with Crippen molar-refractivity contribution >= 4 is 16.7 Å². The zero-order valence-electron chi connectivity index (χ0n) is 17.3. The Bertz CT molecular complexity index is 1150. The molecule has 1 amide bonds. The number of nitrogens with zero attached hydrogens (tertiary/aromatic N) is 3. The van der Waals surface area contributed by atoms with E-state index in [0.717, 1.165) is 30.4 Å². The number of carbonyl (C=O) groups is 1. The minimum Gasteiger partial charge on any atom is -0.488 e. The second-order valence-corrected chi connectivity index (χ2v) is 8.36. The normalized spacial score (nSPS) is 23.4. The molecule has 5 rings (SSSR count). The lowest BCUT2D eigenvalue weighted by Gasteiger charge is -2.39. The predicted molar refractivity (Wildman–Crippen MR) is 116 cm³/mol. The number of para-hydroxylation sites is 1. The molecule has 2 saturated heterocycles. The Morgan fingerprint density at radius 3 is 2.84 bits per heavy atom. The Morgan fingerprint density at radius 1 is 1.16 bits per heavy atom.